The van der Waals surface area contributed by atoms with Gasteiger partial charge in [0, 0.05) is 78.0 Å². The van der Waals surface area contributed by atoms with Crippen molar-refractivity contribution in [3.8, 4) is 11.5 Å². The number of ether oxygens (including phenoxy) is 1. The Kier molecular flexibility index (Phi) is 22.3. The highest BCUT2D eigenvalue weighted by atomic mass is 32.2. The highest BCUT2D eigenvalue weighted by Gasteiger charge is 2.47. The maximum absolute atomic E-state index is 14.8. The quantitative estimate of drug-likeness (QED) is 0.0891. The number of aromatic hydroxyl groups is 1. The van der Waals surface area contributed by atoms with Crippen molar-refractivity contribution in [3.63, 3.8) is 0 Å². The van der Waals surface area contributed by atoms with Crippen LogP contribution >= 0.6 is 23.5 Å². The first-order valence-corrected chi connectivity index (χ1v) is 31.1. The highest BCUT2D eigenvalue weighted by molar-refractivity contribution is 7.98. The average molecular weight is 1230 g/mol. The second-order valence-corrected chi connectivity index (χ2v) is 24.1. The maximum atomic E-state index is 14.8. The minimum absolute atomic E-state index is 0.00933. The van der Waals surface area contributed by atoms with Crippen LogP contribution in [0.4, 0.5) is 4.39 Å². The van der Waals surface area contributed by atoms with Gasteiger partial charge >= 0.3 is 0 Å². The molecular formula is C63H73FN10O11S2. The number of fused-ring (bicyclic) bond motifs is 12. The van der Waals surface area contributed by atoms with Gasteiger partial charge in [0.1, 0.15) is 71.4 Å². The standard InChI is InChI=1S/C63H73FN10O11S2/c1-37-55(77)68-38(2)56(78)71-51-31-41-10-8-13-47(29-41)85-25-6-5-14-50(70-60(82)52(72-59(51)81)32-44-34-66-49-20-17-45(64)33-48(44)49)58(80)69-39(3)57(79)73-53(30-40-15-18-46(75)19-16-40)61(83)74-24-9-22-63(74,4)62(84)65-23-27-87-36-43-12-7-11-42(28-43)35-86-26-21-54(76)67-37/h5-8,10-13,15-20,28-29,32-34,37-39,50-51,53,66,75H,9,14,21-27,30-31,35-36H2,1-4H3,(H,65,84)(H,67,76)(H,68,77)(H,69,80)(H,70,82)(H,71,78)(H,72,81)(H,73,79)/b6-5-,52-32-/t37-,38+,39-,50-,51+,53-,63-/m0/s1. The normalized spacial score (nSPS) is 25.2. The Morgan fingerprint density at radius 1 is 0.713 bits per heavy atom. The first kappa shape index (κ1) is 64.4. The minimum atomic E-state index is -1.45. The molecule has 1 saturated heterocycles. The Hall–Kier alpha value is -8.64. The van der Waals surface area contributed by atoms with Crippen molar-refractivity contribution in [3.05, 3.63) is 149 Å². The molecule has 9 amide bonds. The van der Waals surface area contributed by atoms with E-state index in [1.807, 2.05) is 18.2 Å². The van der Waals surface area contributed by atoms with Crippen LogP contribution in [0.3, 0.4) is 0 Å². The van der Waals surface area contributed by atoms with Crippen molar-refractivity contribution < 1.29 is 57.4 Å². The van der Waals surface area contributed by atoms with Crippen LogP contribution in [0, 0.1) is 5.82 Å². The van der Waals surface area contributed by atoms with Gasteiger partial charge in [-0.2, -0.15) is 23.5 Å². The summed E-state index contributed by atoms with van der Waals surface area (Å²) in [5.41, 5.74) is 2.28. The molecule has 0 aliphatic carbocycles. The van der Waals surface area contributed by atoms with E-state index in [-0.39, 0.29) is 62.0 Å². The lowest BCUT2D eigenvalue weighted by atomic mass is 9.95. The molecule has 21 nitrogen and oxygen atoms in total. The van der Waals surface area contributed by atoms with E-state index in [0.717, 1.165) is 11.1 Å². The molecule has 8 rings (SSSR count). The molecule has 460 valence electrons. The third kappa shape index (κ3) is 17.7. The van der Waals surface area contributed by atoms with Crippen molar-refractivity contribution >= 4 is 93.7 Å². The van der Waals surface area contributed by atoms with Crippen molar-refractivity contribution in [2.24, 2.45) is 0 Å². The number of thioether (sulfide) groups is 2. The van der Waals surface area contributed by atoms with Crippen molar-refractivity contribution in [1.29, 1.82) is 0 Å². The first-order valence-electron chi connectivity index (χ1n) is 28.8. The molecule has 1 fully saturated rings. The monoisotopic (exact) mass is 1230 g/mol. The molecule has 3 aliphatic heterocycles. The number of rotatable bonds is 3. The SMILES string of the molecule is C[C@@H]1NC(=O)CCSCc2cccc(c2)CSCCNC(=O)[C@]2(C)CCCN2C(=O)[C@H](Cc2ccc(O)cc2)NC(=O)[C@H](C)NC(=O)[C@@H]2C/C=C\COc3cccc(c3)C[C@@H](NC(=O)[C@@H](C)NC1=O)C(=O)N/C(=C\c1c[nH]c3ccc(F)cc13)C(=O)N2. The predicted octanol–water partition coefficient (Wildman–Crippen LogP) is 4.33. The molecule has 4 aromatic carbocycles. The number of carbonyl (C=O) groups excluding carboxylic acids is 9. The van der Waals surface area contributed by atoms with Gasteiger partial charge in [-0.3, -0.25) is 43.2 Å². The zero-order valence-corrected chi connectivity index (χ0v) is 50.4. The zero-order valence-electron chi connectivity index (χ0n) is 48.8. The number of aromatic amines is 1. The van der Waals surface area contributed by atoms with Crippen molar-refractivity contribution in [2.75, 3.05) is 31.2 Å². The van der Waals surface area contributed by atoms with Gasteiger partial charge in [0.15, 0.2) is 0 Å². The fraction of sp³-hybridized carbons (Fsp3) is 0.381. The van der Waals surface area contributed by atoms with Crippen molar-refractivity contribution in [1.82, 2.24) is 52.4 Å². The summed E-state index contributed by atoms with van der Waals surface area (Å²) in [5, 5.41) is 32.2. The molecule has 1 aromatic heterocycles. The van der Waals surface area contributed by atoms with Gasteiger partial charge in [0.2, 0.25) is 47.3 Å². The lowest BCUT2D eigenvalue weighted by molar-refractivity contribution is -0.146. The second-order valence-electron chi connectivity index (χ2n) is 21.9. The number of nitrogens with zero attached hydrogens (tertiary/aromatic N) is 1. The average Bonchev–Trinajstić information content (AvgIpc) is 2.25. The van der Waals surface area contributed by atoms with Crippen LogP contribution in [0.2, 0.25) is 0 Å². The highest BCUT2D eigenvalue weighted by Crippen LogP contribution is 2.31. The smallest absolute Gasteiger partial charge is 0.268 e. The van der Waals surface area contributed by atoms with Gasteiger partial charge < -0.3 is 62.3 Å². The molecule has 10 N–H and O–H groups in total. The maximum Gasteiger partial charge on any atom is 0.268 e. The summed E-state index contributed by atoms with van der Waals surface area (Å²) in [5.74, 6) is -4.17. The van der Waals surface area contributed by atoms with Crippen LogP contribution in [0.5, 0.6) is 11.5 Å². The van der Waals surface area contributed by atoms with E-state index in [1.165, 1.54) is 68.3 Å². The fourth-order valence-electron chi connectivity index (χ4n) is 10.2. The van der Waals surface area contributed by atoms with E-state index in [0.29, 0.717) is 70.2 Å². The van der Waals surface area contributed by atoms with Gasteiger partial charge in [-0.25, -0.2) is 4.39 Å². The number of aromatic nitrogens is 1. The number of carbonyl (C=O) groups is 9. The third-order valence-corrected chi connectivity index (χ3v) is 17.2. The van der Waals surface area contributed by atoms with Crippen LogP contribution in [-0.4, -0.2) is 141 Å². The fourth-order valence-corrected chi connectivity index (χ4v) is 11.9. The first-order chi connectivity index (χ1) is 41.7. The number of amides is 9. The van der Waals surface area contributed by atoms with E-state index >= 15 is 0 Å². The van der Waals surface area contributed by atoms with Gasteiger partial charge in [-0.05, 0) is 118 Å². The summed E-state index contributed by atoms with van der Waals surface area (Å²) < 4.78 is 20.8. The number of hydrogen-bond donors (Lipinski definition) is 10. The molecule has 4 heterocycles. The molecular weight excluding hydrogens is 1160 g/mol. The third-order valence-electron chi connectivity index (χ3n) is 15.2. The van der Waals surface area contributed by atoms with E-state index in [9.17, 15) is 52.6 Å². The van der Waals surface area contributed by atoms with Crippen LogP contribution in [0.1, 0.15) is 81.2 Å². The molecule has 7 atom stereocenters. The van der Waals surface area contributed by atoms with E-state index in [4.69, 9.17) is 4.74 Å². The molecule has 24 heteroatoms. The zero-order chi connectivity index (χ0) is 62.2. The van der Waals surface area contributed by atoms with Gasteiger partial charge in [0.25, 0.3) is 5.91 Å². The summed E-state index contributed by atoms with van der Waals surface area (Å²) in [6.07, 6.45) is 6.55. The second kappa shape index (κ2) is 30.1. The Labute approximate surface area is 512 Å². The molecule has 5 aromatic rings. The number of nitrogens with one attached hydrogen (secondary N) is 9. The molecule has 87 heavy (non-hydrogen) atoms. The minimum Gasteiger partial charge on any atom is -0.508 e. The van der Waals surface area contributed by atoms with Gasteiger partial charge in [-0.15, -0.1) is 0 Å². The number of phenols is 1. The molecule has 3 aliphatic rings. The van der Waals surface area contributed by atoms with Crippen LogP contribution < -0.4 is 47.3 Å². The van der Waals surface area contributed by atoms with Crippen LogP contribution in [0.15, 0.2) is 115 Å². The Bertz CT molecular complexity index is 3430. The lowest BCUT2D eigenvalue weighted by Gasteiger charge is -2.36. The van der Waals surface area contributed by atoms with Crippen LogP contribution in [-0.2, 0) is 67.5 Å². The van der Waals surface area contributed by atoms with Crippen molar-refractivity contribution in [2.45, 2.75) is 120 Å². The number of H-pyrrole nitrogens is 1. The Morgan fingerprint density at radius 3 is 2.15 bits per heavy atom. The molecule has 0 unspecified atom stereocenters. The van der Waals surface area contributed by atoms with E-state index in [1.54, 1.807) is 79.0 Å². The predicted molar refractivity (Wildman–Crippen MR) is 330 cm³/mol. The summed E-state index contributed by atoms with van der Waals surface area (Å²) >= 11 is 3.18. The molecule has 0 radical (unpaired) electrons. The largest absolute Gasteiger partial charge is 0.508 e. The Balaban J connectivity index is 1.10. The number of halogens is 1. The Morgan fingerprint density at radius 2 is 1.39 bits per heavy atom. The summed E-state index contributed by atoms with van der Waals surface area (Å²) in [6, 6.07) is 17.1. The molecule has 6 bridgehead atoms. The van der Waals surface area contributed by atoms with Gasteiger partial charge in [0.05, 0.1) is 0 Å². The number of phenolic OH excluding ortho intramolecular Hbond substituents is 1. The molecule has 0 spiro atoms. The lowest BCUT2D eigenvalue weighted by Crippen LogP contribution is -2.61. The number of hydrogen-bond acceptors (Lipinski definition) is 13. The summed E-state index contributed by atoms with van der Waals surface area (Å²) in [4.78, 5) is 132. The van der Waals surface area contributed by atoms with Gasteiger partial charge in [-0.1, -0.05) is 60.7 Å². The summed E-state index contributed by atoms with van der Waals surface area (Å²) in [6.45, 7) is 6.51. The summed E-state index contributed by atoms with van der Waals surface area (Å²) in [7, 11) is 0. The molecule has 0 saturated carbocycles. The number of benzene rings is 4. The van der Waals surface area contributed by atoms with E-state index < -0.39 is 94.7 Å². The topological polar surface area (TPSA) is 298 Å². The van der Waals surface area contributed by atoms with Crippen LogP contribution in [0.25, 0.3) is 17.0 Å². The van der Waals surface area contributed by atoms with E-state index in [2.05, 4.69) is 53.6 Å².